The quantitative estimate of drug-likeness (QED) is 0.574. The van der Waals surface area contributed by atoms with Crippen LogP contribution in [-0.4, -0.2) is 6.54 Å². The van der Waals surface area contributed by atoms with Gasteiger partial charge in [-0.1, -0.05) is 42.5 Å². The number of benzene rings is 3. The number of hydrogen-bond acceptors (Lipinski definition) is 1. The van der Waals surface area contributed by atoms with E-state index in [1.54, 1.807) is 12.1 Å². The van der Waals surface area contributed by atoms with Gasteiger partial charge in [-0.25, -0.2) is 8.78 Å². The van der Waals surface area contributed by atoms with Crippen LogP contribution in [0.2, 0.25) is 0 Å². The van der Waals surface area contributed by atoms with Gasteiger partial charge < -0.3 is 5.73 Å². The van der Waals surface area contributed by atoms with Gasteiger partial charge in [0.1, 0.15) is 11.6 Å². The van der Waals surface area contributed by atoms with E-state index in [9.17, 15) is 22.0 Å². The first-order valence-corrected chi connectivity index (χ1v) is 8.63. The van der Waals surface area contributed by atoms with E-state index >= 15 is 0 Å². The lowest BCUT2D eigenvalue weighted by Gasteiger charge is -2.35. The van der Waals surface area contributed by atoms with Crippen molar-refractivity contribution in [2.24, 2.45) is 5.73 Å². The van der Waals surface area contributed by atoms with E-state index in [4.69, 9.17) is 5.73 Å². The van der Waals surface area contributed by atoms with Crippen LogP contribution in [0.3, 0.4) is 0 Å². The second-order valence-corrected chi connectivity index (χ2v) is 6.68. The van der Waals surface area contributed by atoms with E-state index in [1.165, 1.54) is 24.3 Å². The van der Waals surface area contributed by atoms with Crippen LogP contribution in [0.5, 0.6) is 0 Å². The first-order chi connectivity index (χ1) is 13.2. The summed E-state index contributed by atoms with van der Waals surface area (Å²) in [4.78, 5) is 0. The van der Waals surface area contributed by atoms with Crippen molar-refractivity contribution in [3.8, 4) is 0 Å². The maximum Gasteiger partial charge on any atom is 0.416 e. The third-order valence-electron chi connectivity index (χ3n) is 4.87. The van der Waals surface area contributed by atoms with E-state index < -0.39 is 28.8 Å². The van der Waals surface area contributed by atoms with Crippen molar-refractivity contribution in [2.45, 2.75) is 18.0 Å². The van der Waals surface area contributed by atoms with Crippen LogP contribution in [0.1, 0.15) is 22.3 Å². The molecule has 0 saturated carbocycles. The van der Waals surface area contributed by atoms with E-state index in [1.807, 2.05) is 18.2 Å². The molecule has 0 aliphatic rings. The maximum absolute atomic E-state index is 14.1. The Morgan fingerprint density at radius 3 is 1.86 bits per heavy atom. The molecule has 0 spiro atoms. The van der Waals surface area contributed by atoms with Crippen LogP contribution >= 0.6 is 0 Å². The van der Waals surface area contributed by atoms with Crippen LogP contribution in [0.4, 0.5) is 22.0 Å². The molecular formula is C22H18F5N. The lowest BCUT2D eigenvalue weighted by Crippen LogP contribution is -2.39. The molecule has 2 N–H and O–H groups in total. The molecule has 1 atom stereocenters. The fourth-order valence-electron chi connectivity index (χ4n) is 3.42. The Morgan fingerprint density at radius 2 is 1.29 bits per heavy atom. The van der Waals surface area contributed by atoms with Gasteiger partial charge in [-0.3, -0.25) is 0 Å². The van der Waals surface area contributed by atoms with Crippen molar-refractivity contribution in [2.75, 3.05) is 6.54 Å². The van der Waals surface area contributed by atoms with Crippen molar-refractivity contribution < 1.29 is 22.0 Å². The zero-order valence-electron chi connectivity index (χ0n) is 14.8. The first-order valence-electron chi connectivity index (χ1n) is 8.63. The largest absolute Gasteiger partial charge is 0.416 e. The van der Waals surface area contributed by atoms with Crippen molar-refractivity contribution in [1.29, 1.82) is 0 Å². The van der Waals surface area contributed by atoms with Crippen molar-refractivity contribution >= 4 is 0 Å². The standard InChI is InChI=1S/C22H18F5N/c23-19-8-6-16(7-9-19)21(14-28,13-15-4-2-1-3-5-15)17-10-18(22(25,26)27)12-20(24)11-17/h1-12H,13-14,28H2. The Hall–Kier alpha value is -2.73. The average Bonchev–Trinajstić information content (AvgIpc) is 2.66. The van der Waals surface area contributed by atoms with Gasteiger partial charge in [0.05, 0.1) is 5.56 Å². The Kier molecular flexibility index (Phi) is 5.52. The predicted octanol–water partition coefficient (Wildman–Crippen LogP) is 5.47. The summed E-state index contributed by atoms with van der Waals surface area (Å²) in [6.45, 7) is -0.0890. The summed E-state index contributed by atoms with van der Waals surface area (Å²) in [5.74, 6) is -1.48. The minimum atomic E-state index is -4.70. The lowest BCUT2D eigenvalue weighted by atomic mass is 9.70. The molecule has 6 heteroatoms. The molecule has 3 rings (SSSR count). The molecule has 0 radical (unpaired) electrons. The van der Waals surface area contributed by atoms with E-state index in [-0.39, 0.29) is 18.5 Å². The third-order valence-corrected chi connectivity index (χ3v) is 4.87. The van der Waals surface area contributed by atoms with Crippen LogP contribution in [0, 0.1) is 11.6 Å². The summed E-state index contributed by atoms with van der Waals surface area (Å²) in [6, 6.07) is 16.9. The monoisotopic (exact) mass is 391 g/mol. The molecule has 28 heavy (non-hydrogen) atoms. The molecule has 1 nitrogen and oxygen atoms in total. The van der Waals surface area contributed by atoms with Crippen molar-refractivity contribution in [3.63, 3.8) is 0 Å². The van der Waals surface area contributed by atoms with Crippen molar-refractivity contribution in [3.05, 3.63) is 107 Å². The third kappa shape index (κ3) is 4.07. The molecular weight excluding hydrogens is 373 g/mol. The highest BCUT2D eigenvalue weighted by atomic mass is 19.4. The van der Waals surface area contributed by atoms with Gasteiger partial charge in [0.2, 0.25) is 0 Å². The molecule has 3 aromatic carbocycles. The summed E-state index contributed by atoms with van der Waals surface area (Å²) in [5, 5.41) is 0. The Morgan fingerprint density at radius 1 is 0.679 bits per heavy atom. The topological polar surface area (TPSA) is 26.0 Å². The normalized spacial score (nSPS) is 13.9. The maximum atomic E-state index is 14.1. The number of alkyl halides is 3. The second-order valence-electron chi connectivity index (χ2n) is 6.68. The molecule has 3 aromatic rings. The predicted molar refractivity (Wildman–Crippen MR) is 97.8 cm³/mol. The molecule has 0 saturated heterocycles. The van der Waals surface area contributed by atoms with Crippen LogP contribution in [0.15, 0.2) is 72.8 Å². The fourth-order valence-corrected chi connectivity index (χ4v) is 3.42. The van der Waals surface area contributed by atoms with E-state index in [0.29, 0.717) is 11.6 Å². The van der Waals surface area contributed by atoms with Crippen LogP contribution in [0.25, 0.3) is 0 Å². The molecule has 146 valence electrons. The molecule has 1 unspecified atom stereocenters. The van der Waals surface area contributed by atoms with Gasteiger partial charge in [0.15, 0.2) is 0 Å². The molecule has 0 amide bonds. The second kappa shape index (κ2) is 7.72. The summed E-state index contributed by atoms with van der Waals surface area (Å²) in [7, 11) is 0. The molecule has 0 aliphatic heterocycles. The number of halogens is 5. The summed E-state index contributed by atoms with van der Waals surface area (Å²) in [5.41, 5.74) is 5.25. The highest BCUT2D eigenvalue weighted by Crippen LogP contribution is 2.39. The SMILES string of the molecule is NCC(Cc1ccccc1)(c1ccc(F)cc1)c1cc(F)cc(C(F)(F)F)c1. The summed E-state index contributed by atoms with van der Waals surface area (Å²) < 4.78 is 67.4. The van der Waals surface area contributed by atoms with Gasteiger partial charge in [-0.2, -0.15) is 13.2 Å². The minimum Gasteiger partial charge on any atom is -0.329 e. The highest BCUT2D eigenvalue weighted by Gasteiger charge is 2.37. The zero-order chi connectivity index (χ0) is 20.4. The average molecular weight is 391 g/mol. The number of hydrogen-bond donors (Lipinski definition) is 1. The van der Waals surface area contributed by atoms with Gasteiger partial charge in [-0.05, 0) is 53.4 Å². The smallest absolute Gasteiger partial charge is 0.329 e. The number of nitrogens with two attached hydrogens (primary N) is 1. The highest BCUT2D eigenvalue weighted by molar-refractivity contribution is 5.44. The van der Waals surface area contributed by atoms with Crippen molar-refractivity contribution in [1.82, 2.24) is 0 Å². The zero-order valence-corrected chi connectivity index (χ0v) is 14.8. The van der Waals surface area contributed by atoms with Gasteiger partial charge in [0, 0.05) is 12.0 Å². The molecule has 0 bridgehead atoms. The Balaban J connectivity index is 2.24. The molecule has 0 heterocycles. The van der Waals surface area contributed by atoms with Crippen LogP contribution < -0.4 is 5.73 Å². The van der Waals surface area contributed by atoms with E-state index in [2.05, 4.69) is 0 Å². The first kappa shape index (κ1) is 20.0. The summed E-state index contributed by atoms with van der Waals surface area (Å²) in [6.07, 6.45) is -4.47. The molecule has 0 aromatic heterocycles. The van der Waals surface area contributed by atoms with Crippen LogP contribution in [-0.2, 0) is 18.0 Å². The van der Waals surface area contributed by atoms with Gasteiger partial charge in [-0.15, -0.1) is 0 Å². The molecule has 0 aliphatic carbocycles. The number of rotatable bonds is 5. The van der Waals surface area contributed by atoms with E-state index in [0.717, 1.165) is 17.7 Å². The lowest BCUT2D eigenvalue weighted by molar-refractivity contribution is -0.137. The minimum absolute atomic E-state index is 0.0890. The Bertz CT molecular complexity index is 935. The van der Waals surface area contributed by atoms with Gasteiger partial charge >= 0.3 is 6.18 Å². The fraction of sp³-hybridized carbons (Fsp3) is 0.182. The molecule has 0 fully saturated rings. The summed E-state index contributed by atoms with van der Waals surface area (Å²) >= 11 is 0. The van der Waals surface area contributed by atoms with Gasteiger partial charge in [0.25, 0.3) is 0 Å². The Labute approximate surface area is 159 Å².